The van der Waals surface area contributed by atoms with E-state index in [1.807, 2.05) is 43.3 Å². The number of para-hydroxylation sites is 1. The van der Waals surface area contributed by atoms with Crippen LogP contribution in [0, 0.1) is 0 Å². The van der Waals surface area contributed by atoms with Crippen LogP contribution in [-0.4, -0.2) is 22.6 Å². The third-order valence-corrected chi connectivity index (χ3v) is 3.54. The molecule has 110 valence electrons. The molecule has 0 N–H and O–H groups in total. The van der Waals surface area contributed by atoms with Crippen LogP contribution >= 0.6 is 11.8 Å². The second kappa shape index (κ2) is 8.32. The fourth-order valence-corrected chi connectivity index (χ4v) is 2.25. The Hall–Kier alpha value is -2.01. The molecule has 5 heteroatoms. The summed E-state index contributed by atoms with van der Waals surface area (Å²) >= 11 is 1.70. The monoisotopic (exact) mass is 302 g/mol. The Morgan fingerprint density at radius 2 is 2.14 bits per heavy atom. The Labute approximate surface area is 128 Å². The lowest BCUT2D eigenvalue weighted by molar-refractivity contribution is 0.344. The molecule has 0 atom stereocenters. The van der Waals surface area contributed by atoms with Gasteiger partial charge in [-0.2, -0.15) is 0 Å². The fraction of sp³-hybridized carbons (Fsp3) is 0.250. The van der Waals surface area contributed by atoms with Gasteiger partial charge in [-0.05, 0) is 19.1 Å². The summed E-state index contributed by atoms with van der Waals surface area (Å²) in [5.41, 5.74) is 0.918. The highest BCUT2D eigenvalue weighted by molar-refractivity contribution is 7.98. The first-order valence-electron chi connectivity index (χ1n) is 6.67. The van der Waals surface area contributed by atoms with E-state index < -0.39 is 0 Å². The van der Waals surface area contributed by atoms with E-state index in [-0.39, 0.29) is 0 Å². The summed E-state index contributed by atoms with van der Waals surface area (Å²) in [4.78, 5) is 0. The summed E-state index contributed by atoms with van der Waals surface area (Å²) in [5, 5.41) is 8.03. The minimum Gasteiger partial charge on any atom is -0.493 e. The van der Waals surface area contributed by atoms with Crippen molar-refractivity contribution < 1.29 is 9.15 Å². The summed E-state index contributed by atoms with van der Waals surface area (Å²) in [5.74, 6) is 3.63. The quantitative estimate of drug-likeness (QED) is 0.545. The van der Waals surface area contributed by atoms with Crippen LogP contribution in [0.5, 0.6) is 5.75 Å². The standard InChI is InChI=1S/C16H18N2O2S/c1-3-7-13(2)16-18-17-15(20-16)12-21-11-10-19-14-8-5-4-6-9-14/h3-9H,1,10-12H2,2H3/b13-7+. The van der Waals surface area contributed by atoms with Crippen LogP contribution in [0.1, 0.15) is 18.7 Å². The Balaban J connectivity index is 1.69. The zero-order chi connectivity index (χ0) is 14.9. The van der Waals surface area contributed by atoms with E-state index in [1.54, 1.807) is 17.8 Å². The number of aromatic nitrogens is 2. The van der Waals surface area contributed by atoms with Crippen LogP contribution < -0.4 is 4.74 Å². The molecule has 0 bridgehead atoms. The van der Waals surface area contributed by atoms with Crippen molar-refractivity contribution in [2.24, 2.45) is 0 Å². The maximum atomic E-state index is 5.61. The van der Waals surface area contributed by atoms with Crippen LogP contribution in [0.15, 0.2) is 53.5 Å². The maximum absolute atomic E-state index is 5.61. The van der Waals surface area contributed by atoms with E-state index in [0.29, 0.717) is 24.1 Å². The number of benzene rings is 1. The predicted molar refractivity (Wildman–Crippen MR) is 86.2 cm³/mol. The highest BCUT2D eigenvalue weighted by Crippen LogP contribution is 2.16. The molecule has 4 nitrogen and oxygen atoms in total. The van der Waals surface area contributed by atoms with Gasteiger partial charge in [0.1, 0.15) is 5.75 Å². The molecule has 1 aromatic heterocycles. The normalized spacial score (nSPS) is 11.4. The first kappa shape index (κ1) is 15.4. The number of ether oxygens (including phenoxy) is 1. The average Bonchev–Trinajstić information content (AvgIpc) is 2.97. The highest BCUT2D eigenvalue weighted by Gasteiger charge is 2.07. The highest BCUT2D eigenvalue weighted by atomic mass is 32.2. The van der Waals surface area contributed by atoms with E-state index in [0.717, 1.165) is 17.1 Å². The molecule has 0 aliphatic carbocycles. The van der Waals surface area contributed by atoms with Crippen LogP contribution in [-0.2, 0) is 5.75 Å². The third-order valence-electron chi connectivity index (χ3n) is 2.64. The lowest BCUT2D eigenvalue weighted by atomic mass is 10.3. The van der Waals surface area contributed by atoms with Gasteiger partial charge >= 0.3 is 0 Å². The zero-order valence-electron chi connectivity index (χ0n) is 12.0. The minimum atomic E-state index is 0.547. The molecule has 21 heavy (non-hydrogen) atoms. The first-order valence-corrected chi connectivity index (χ1v) is 7.82. The Morgan fingerprint density at radius 3 is 2.90 bits per heavy atom. The molecule has 0 saturated carbocycles. The van der Waals surface area contributed by atoms with Crippen LogP contribution in [0.4, 0.5) is 0 Å². The number of hydrogen-bond donors (Lipinski definition) is 0. The number of allylic oxidation sites excluding steroid dienone is 3. The lowest BCUT2D eigenvalue weighted by Gasteiger charge is -2.04. The van der Waals surface area contributed by atoms with Gasteiger partial charge in [0, 0.05) is 11.3 Å². The van der Waals surface area contributed by atoms with Crippen LogP contribution in [0.3, 0.4) is 0 Å². The van der Waals surface area contributed by atoms with Crippen molar-refractivity contribution in [3.8, 4) is 5.75 Å². The zero-order valence-corrected chi connectivity index (χ0v) is 12.8. The first-order chi connectivity index (χ1) is 10.3. The van der Waals surface area contributed by atoms with Crippen molar-refractivity contribution in [2.45, 2.75) is 12.7 Å². The van der Waals surface area contributed by atoms with Crippen LogP contribution in [0.25, 0.3) is 5.57 Å². The van der Waals surface area contributed by atoms with Crippen LogP contribution in [0.2, 0.25) is 0 Å². The largest absolute Gasteiger partial charge is 0.493 e. The van der Waals surface area contributed by atoms with Gasteiger partial charge in [0.15, 0.2) is 0 Å². The molecule has 1 aromatic carbocycles. The van der Waals surface area contributed by atoms with Gasteiger partial charge in [-0.3, -0.25) is 0 Å². The molecule has 1 heterocycles. The molecule has 2 aromatic rings. The number of thioether (sulfide) groups is 1. The third kappa shape index (κ3) is 5.11. The van der Waals surface area contributed by atoms with Gasteiger partial charge in [0.2, 0.25) is 11.8 Å². The molecule has 0 unspecified atom stereocenters. The van der Waals surface area contributed by atoms with E-state index in [1.165, 1.54) is 0 Å². The minimum absolute atomic E-state index is 0.547. The SMILES string of the molecule is C=C/C=C(\C)c1nnc(CSCCOc2ccccc2)o1. The second-order valence-electron chi connectivity index (χ2n) is 4.30. The van der Waals surface area contributed by atoms with Gasteiger partial charge < -0.3 is 9.15 Å². The Bertz CT molecular complexity index is 593. The molecule has 0 radical (unpaired) electrons. The predicted octanol–water partition coefficient (Wildman–Crippen LogP) is 3.97. The topological polar surface area (TPSA) is 48.2 Å². The Morgan fingerprint density at radius 1 is 1.33 bits per heavy atom. The molecule has 0 fully saturated rings. The van der Waals surface area contributed by atoms with E-state index in [2.05, 4.69) is 16.8 Å². The summed E-state index contributed by atoms with van der Waals surface area (Å²) in [7, 11) is 0. The molecular formula is C16H18N2O2S. The maximum Gasteiger partial charge on any atom is 0.243 e. The fourth-order valence-electron chi connectivity index (χ4n) is 1.61. The molecule has 0 aliphatic rings. The summed E-state index contributed by atoms with van der Waals surface area (Å²) < 4.78 is 11.2. The Kier molecular flexibility index (Phi) is 6.09. The van der Waals surface area contributed by atoms with Crippen molar-refractivity contribution in [1.29, 1.82) is 0 Å². The number of hydrogen-bond acceptors (Lipinski definition) is 5. The summed E-state index contributed by atoms with van der Waals surface area (Å²) in [6.07, 6.45) is 3.55. The summed E-state index contributed by atoms with van der Waals surface area (Å²) in [6, 6.07) is 9.79. The summed E-state index contributed by atoms with van der Waals surface area (Å²) in [6.45, 7) is 6.22. The van der Waals surface area contributed by atoms with Crippen molar-refractivity contribution >= 4 is 17.3 Å². The van der Waals surface area contributed by atoms with Gasteiger partial charge in [0.25, 0.3) is 0 Å². The van der Waals surface area contributed by atoms with Crippen molar-refractivity contribution in [2.75, 3.05) is 12.4 Å². The van der Waals surface area contributed by atoms with Gasteiger partial charge in [-0.1, -0.05) is 36.9 Å². The molecule has 0 amide bonds. The van der Waals surface area contributed by atoms with Crippen molar-refractivity contribution in [3.05, 3.63) is 60.8 Å². The van der Waals surface area contributed by atoms with E-state index in [9.17, 15) is 0 Å². The molecule has 0 saturated heterocycles. The molecule has 0 spiro atoms. The van der Waals surface area contributed by atoms with E-state index in [4.69, 9.17) is 9.15 Å². The number of nitrogens with zero attached hydrogens (tertiary/aromatic N) is 2. The lowest BCUT2D eigenvalue weighted by Crippen LogP contribution is -2.00. The second-order valence-corrected chi connectivity index (χ2v) is 5.41. The van der Waals surface area contributed by atoms with Gasteiger partial charge in [-0.15, -0.1) is 22.0 Å². The molecular weight excluding hydrogens is 284 g/mol. The van der Waals surface area contributed by atoms with E-state index >= 15 is 0 Å². The van der Waals surface area contributed by atoms with Crippen molar-refractivity contribution in [3.63, 3.8) is 0 Å². The molecule has 0 aliphatic heterocycles. The van der Waals surface area contributed by atoms with Gasteiger partial charge in [0.05, 0.1) is 12.4 Å². The average molecular weight is 302 g/mol. The van der Waals surface area contributed by atoms with Gasteiger partial charge in [-0.25, -0.2) is 0 Å². The smallest absolute Gasteiger partial charge is 0.243 e. The van der Waals surface area contributed by atoms with Crippen molar-refractivity contribution in [1.82, 2.24) is 10.2 Å². The molecule has 2 rings (SSSR count). The number of rotatable bonds is 8.